The highest BCUT2D eigenvalue weighted by molar-refractivity contribution is 4.99. The van der Waals surface area contributed by atoms with Gasteiger partial charge in [-0.15, -0.1) is 0 Å². The molecular weight excluding hydrogens is 272 g/mol. The summed E-state index contributed by atoms with van der Waals surface area (Å²) in [7, 11) is 4.00. The highest BCUT2D eigenvalue weighted by Crippen LogP contribution is 2.45. The van der Waals surface area contributed by atoms with Crippen LogP contribution in [-0.4, -0.2) is 62.8 Å². The first-order chi connectivity index (χ1) is 10.6. The number of hydrogen-bond donors (Lipinski definition) is 0. The second-order valence-corrected chi connectivity index (χ2v) is 8.22. The van der Waals surface area contributed by atoms with Gasteiger partial charge in [0.05, 0.1) is 6.61 Å². The molecule has 22 heavy (non-hydrogen) atoms. The number of likely N-dealkylation sites (tertiary alicyclic amines) is 1. The first-order valence-corrected chi connectivity index (χ1v) is 9.48. The first-order valence-electron chi connectivity index (χ1n) is 9.48. The Morgan fingerprint density at radius 1 is 1.09 bits per heavy atom. The highest BCUT2D eigenvalue weighted by Gasteiger charge is 2.45. The maximum Gasteiger partial charge on any atom is 0.0589 e. The molecule has 0 aromatic heterocycles. The summed E-state index contributed by atoms with van der Waals surface area (Å²) in [6, 6.07) is 0.795. The van der Waals surface area contributed by atoms with Crippen molar-refractivity contribution in [2.24, 2.45) is 11.3 Å². The quantitative estimate of drug-likeness (QED) is 0.647. The van der Waals surface area contributed by atoms with Crippen LogP contribution in [0.3, 0.4) is 0 Å². The SMILES string of the molecule is COCCN(C)CCC[C@H](C(C)C)N1CC2(CCCCC2)C1. The van der Waals surface area contributed by atoms with E-state index < -0.39 is 0 Å². The van der Waals surface area contributed by atoms with Gasteiger partial charge in [0.2, 0.25) is 0 Å². The van der Waals surface area contributed by atoms with Gasteiger partial charge in [0.15, 0.2) is 0 Å². The molecule has 1 saturated carbocycles. The van der Waals surface area contributed by atoms with Gasteiger partial charge >= 0.3 is 0 Å². The third-order valence-corrected chi connectivity index (χ3v) is 5.95. The van der Waals surface area contributed by atoms with E-state index in [4.69, 9.17) is 4.74 Å². The predicted molar refractivity (Wildman–Crippen MR) is 94.3 cm³/mol. The third kappa shape index (κ3) is 4.94. The van der Waals surface area contributed by atoms with Crippen molar-refractivity contribution in [1.82, 2.24) is 9.80 Å². The molecule has 2 fully saturated rings. The molecule has 0 N–H and O–H groups in total. The Kier molecular flexibility index (Phi) is 7.17. The molecule has 2 rings (SSSR count). The molecule has 1 aliphatic carbocycles. The summed E-state index contributed by atoms with van der Waals surface area (Å²) in [4.78, 5) is 5.20. The van der Waals surface area contributed by atoms with Crippen molar-refractivity contribution in [2.75, 3.05) is 46.9 Å². The van der Waals surface area contributed by atoms with E-state index in [2.05, 4.69) is 30.7 Å². The molecule has 1 aliphatic heterocycles. The van der Waals surface area contributed by atoms with E-state index in [-0.39, 0.29) is 0 Å². The zero-order valence-corrected chi connectivity index (χ0v) is 15.4. The van der Waals surface area contributed by atoms with Crippen molar-refractivity contribution < 1.29 is 4.74 Å². The topological polar surface area (TPSA) is 15.7 Å². The van der Waals surface area contributed by atoms with Crippen molar-refractivity contribution in [3.8, 4) is 0 Å². The summed E-state index contributed by atoms with van der Waals surface area (Å²) in [5.41, 5.74) is 0.723. The zero-order valence-electron chi connectivity index (χ0n) is 15.4. The first kappa shape index (κ1) is 18.2. The van der Waals surface area contributed by atoms with Gasteiger partial charge in [-0.1, -0.05) is 33.1 Å². The standard InChI is InChI=1S/C19H38N2O/c1-17(2)18(9-8-12-20(3)13-14-22-4)21-15-19(16-21)10-6-5-7-11-19/h17-18H,5-16H2,1-4H3/t18-/m1/s1. The predicted octanol–water partition coefficient (Wildman–Crippen LogP) is 3.64. The van der Waals surface area contributed by atoms with E-state index in [9.17, 15) is 0 Å². The molecule has 130 valence electrons. The van der Waals surface area contributed by atoms with Crippen molar-refractivity contribution >= 4 is 0 Å². The Bertz CT molecular complexity index is 305. The smallest absolute Gasteiger partial charge is 0.0589 e. The zero-order chi connectivity index (χ0) is 16.0. The Morgan fingerprint density at radius 3 is 2.36 bits per heavy atom. The number of likely N-dealkylation sites (N-methyl/N-ethyl adjacent to an activating group) is 1. The molecule has 0 bridgehead atoms. The minimum absolute atomic E-state index is 0.723. The lowest BCUT2D eigenvalue weighted by Gasteiger charge is -2.56. The Morgan fingerprint density at radius 2 is 1.77 bits per heavy atom. The Balaban J connectivity index is 1.70. The summed E-state index contributed by atoms with van der Waals surface area (Å²) in [5.74, 6) is 0.783. The molecule has 0 aromatic rings. The van der Waals surface area contributed by atoms with Crippen LogP contribution in [0.15, 0.2) is 0 Å². The maximum atomic E-state index is 5.16. The Hall–Kier alpha value is -0.120. The molecule has 0 aromatic carbocycles. The fourth-order valence-electron chi connectivity index (χ4n) is 4.53. The van der Waals surface area contributed by atoms with Crippen LogP contribution in [-0.2, 0) is 4.74 Å². The van der Waals surface area contributed by atoms with Crippen LogP contribution in [0.1, 0.15) is 58.8 Å². The van der Waals surface area contributed by atoms with Gasteiger partial charge in [-0.2, -0.15) is 0 Å². The lowest BCUT2D eigenvalue weighted by atomic mass is 9.67. The summed E-state index contributed by atoms with van der Waals surface area (Å²) in [6.45, 7) is 10.7. The average molecular weight is 311 g/mol. The van der Waals surface area contributed by atoms with Gasteiger partial charge in [0, 0.05) is 32.8 Å². The highest BCUT2D eigenvalue weighted by atomic mass is 16.5. The van der Waals surface area contributed by atoms with Crippen LogP contribution < -0.4 is 0 Å². The van der Waals surface area contributed by atoms with Gasteiger partial charge in [0.1, 0.15) is 0 Å². The number of methoxy groups -OCH3 is 1. The van der Waals surface area contributed by atoms with Crippen LogP contribution in [0.2, 0.25) is 0 Å². The fourth-order valence-corrected chi connectivity index (χ4v) is 4.53. The minimum atomic E-state index is 0.723. The van der Waals surface area contributed by atoms with Crippen molar-refractivity contribution in [3.63, 3.8) is 0 Å². The molecule has 0 radical (unpaired) electrons. The second-order valence-electron chi connectivity index (χ2n) is 8.22. The van der Waals surface area contributed by atoms with Crippen LogP contribution in [0, 0.1) is 11.3 Å². The van der Waals surface area contributed by atoms with E-state index in [0.29, 0.717) is 0 Å². The van der Waals surface area contributed by atoms with Crippen molar-refractivity contribution in [3.05, 3.63) is 0 Å². The van der Waals surface area contributed by atoms with Gasteiger partial charge in [-0.05, 0) is 50.6 Å². The summed E-state index contributed by atoms with van der Waals surface area (Å²) in [6.07, 6.45) is 10.1. The monoisotopic (exact) mass is 310 g/mol. The molecule has 0 unspecified atom stereocenters. The van der Waals surface area contributed by atoms with E-state index in [1.54, 1.807) is 7.11 Å². The number of ether oxygens (including phenoxy) is 1. The van der Waals surface area contributed by atoms with Gasteiger partial charge in [-0.3, -0.25) is 4.90 Å². The normalized spacial score (nSPS) is 23.2. The van der Waals surface area contributed by atoms with E-state index >= 15 is 0 Å². The van der Waals surface area contributed by atoms with Gasteiger partial charge < -0.3 is 9.64 Å². The molecule has 1 saturated heterocycles. The van der Waals surface area contributed by atoms with Crippen molar-refractivity contribution in [2.45, 2.75) is 64.8 Å². The second kappa shape index (κ2) is 8.65. The fraction of sp³-hybridized carbons (Fsp3) is 1.00. The van der Waals surface area contributed by atoms with Crippen LogP contribution in [0.4, 0.5) is 0 Å². The Labute approximate surface area is 138 Å². The summed E-state index contributed by atoms with van der Waals surface area (Å²) in [5, 5.41) is 0. The molecule has 1 atom stereocenters. The molecule has 3 nitrogen and oxygen atoms in total. The summed E-state index contributed by atoms with van der Waals surface area (Å²) < 4.78 is 5.16. The van der Waals surface area contributed by atoms with Crippen LogP contribution >= 0.6 is 0 Å². The molecule has 1 spiro atoms. The molecule has 3 heteroatoms. The molecule has 1 heterocycles. The van der Waals surface area contributed by atoms with E-state index in [1.165, 1.54) is 64.6 Å². The average Bonchev–Trinajstić information content (AvgIpc) is 2.48. The van der Waals surface area contributed by atoms with Crippen molar-refractivity contribution in [1.29, 1.82) is 0 Å². The largest absolute Gasteiger partial charge is 0.383 e. The lowest BCUT2D eigenvalue weighted by Crippen LogP contribution is -2.61. The number of hydrogen-bond acceptors (Lipinski definition) is 3. The number of rotatable bonds is 9. The van der Waals surface area contributed by atoms with Gasteiger partial charge in [0.25, 0.3) is 0 Å². The number of nitrogens with zero attached hydrogens (tertiary/aromatic N) is 2. The molecule has 2 aliphatic rings. The summed E-state index contributed by atoms with van der Waals surface area (Å²) >= 11 is 0. The van der Waals surface area contributed by atoms with Crippen LogP contribution in [0.25, 0.3) is 0 Å². The molecule has 0 amide bonds. The maximum absolute atomic E-state index is 5.16. The minimum Gasteiger partial charge on any atom is -0.383 e. The van der Waals surface area contributed by atoms with E-state index in [0.717, 1.165) is 30.5 Å². The van der Waals surface area contributed by atoms with Gasteiger partial charge in [-0.25, -0.2) is 0 Å². The third-order valence-electron chi connectivity index (χ3n) is 5.95. The van der Waals surface area contributed by atoms with E-state index in [1.807, 2.05) is 0 Å². The van der Waals surface area contributed by atoms with Crippen LogP contribution in [0.5, 0.6) is 0 Å². The molecular formula is C19H38N2O. The lowest BCUT2D eigenvalue weighted by molar-refractivity contribution is -0.0682.